The molecule has 0 radical (unpaired) electrons. The van der Waals surface area contributed by atoms with E-state index in [1.165, 1.54) is 5.69 Å². The number of nitrogens with zero attached hydrogens (tertiary/aromatic N) is 2. The highest BCUT2D eigenvalue weighted by atomic mass is 16.5. The van der Waals surface area contributed by atoms with Gasteiger partial charge in [0.25, 0.3) is 0 Å². The summed E-state index contributed by atoms with van der Waals surface area (Å²) in [7, 11) is 1.81. The summed E-state index contributed by atoms with van der Waals surface area (Å²) in [6.45, 7) is 5.25. The molecule has 0 aliphatic carbocycles. The molecule has 1 saturated heterocycles. The van der Waals surface area contributed by atoms with E-state index >= 15 is 0 Å². The molecule has 0 N–H and O–H groups in total. The van der Waals surface area contributed by atoms with Crippen LogP contribution in [0.4, 0.5) is 0 Å². The Bertz CT molecular complexity index is 332. The van der Waals surface area contributed by atoms with Crippen LogP contribution in [0.15, 0.2) is 18.2 Å². The summed E-state index contributed by atoms with van der Waals surface area (Å²) in [4.78, 5) is 6.99. The van der Waals surface area contributed by atoms with Crippen LogP contribution in [0, 0.1) is 6.92 Å². The number of likely N-dealkylation sites (tertiary alicyclic amines) is 1. The van der Waals surface area contributed by atoms with Crippen molar-refractivity contribution in [1.29, 1.82) is 0 Å². The van der Waals surface area contributed by atoms with Gasteiger partial charge in [0.2, 0.25) is 0 Å². The molecule has 0 saturated carbocycles. The van der Waals surface area contributed by atoms with Gasteiger partial charge in [-0.05, 0) is 31.9 Å². The van der Waals surface area contributed by atoms with Crippen LogP contribution in [0.5, 0.6) is 0 Å². The van der Waals surface area contributed by atoms with Crippen LogP contribution in [0.2, 0.25) is 0 Å². The van der Waals surface area contributed by atoms with Gasteiger partial charge in [0.05, 0.1) is 11.8 Å². The van der Waals surface area contributed by atoms with E-state index in [1.807, 2.05) is 20.1 Å². The van der Waals surface area contributed by atoms with Gasteiger partial charge in [0, 0.05) is 32.4 Å². The predicted octanol–water partition coefficient (Wildman–Crippen LogP) is 2.00. The molecule has 1 aromatic rings. The molecule has 0 bridgehead atoms. The lowest BCUT2D eigenvalue weighted by Gasteiger charge is -2.30. The van der Waals surface area contributed by atoms with Crippen molar-refractivity contribution in [1.82, 2.24) is 9.88 Å². The Morgan fingerprint density at radius 3 is 2.75 bits per heavy atom. The Kier molecular flexibility index (Phi) is 3.91. The second kappa shape index (κ2) is 5.41. The molecule has 1 aromatic heterocycles. The number of methoxy groups -OCH3 is 1. The molecule has 0 aromatic carbocycles. The number of pyridine rings is 1. The summed E-state index contributed by atoms with van der Waals surface area (Å²) in [5, 5.41) is 0. The molecule has 1 aliphatic heterocycles. The van der Waals surface area contributed by atoms with Gasteiger partial charge in [-0.1, -0.05) is 6.07 Å². The minimum Gasteiger partial charge on any atom is -0.381 e. The van der Waals surface area contributed by atoms with Gasteiger partial charge in [-0.25, -0.2) is 0 Å². The highest BCUT2D eigenvalue weighted by Crippen LogP contribution is 2.14. The highest BCUT2D eigenvalue weighted by Gasteiger charge is 2.18. The first-order valence-corrected chi connectivity index (χ1v) is 5.95. The van der Waals surface area contributed by atoms with Gasteiger partial charge in [-0.15, -0.1) is 0 Å². The normalized spacial score (nSPS) is 18.9. The SMILES string of the molecule is COC1CCN(Cc2cccc(C)n2)CC1. The molecular weight excluding hydrogens is 200 g/mol. The molecule has 3 heteroatoms. The first kappa shape index (κ1) is 11.6. The maximum Gasteiger partial charge on any atom is 0.0595 e. The fourth-order valence-corrected chi connectivity index (χ4v) is 2.22. The van der Waals surface area contributed by atoms with Crippen molar-refractivity contribution in [3.8, 4) is 0 Å². The van der Waals surface area contributed by atoms with Crippen molar-refractivity contribution >= 4 is 0 Å². The molecule has 0 atom stereocenters. The Hall–Kier alpha value is -0.930. The molecular formula is C13H20N2O. The third kappa shape index (κ3) is 3.03. The molecule has 88 valence electrons. The van der Waals surface area contributed by atoms with Crippen LogP contribution in [0.25, 0.3) is 0 Å². The van der Waals surface area contributed by atoms with Crippen molar-refractivity contribution in [3.63, 3.8) is 0 Å². The number of hydrogen-bond acceptors (Lipinski definition) is 3. The van der Waals surface area contributed by atoms with E-state index in [-0.39, 0.29) is 0 Å². The van der Waals surface area contributed by atoms with E-state index in [9.17, 15) is 0 Å². The van der Waals surface area contributed by atoms with E-state index in [2.05, 4.69) is 22.0 Å². The molecule has 0 spiro atoms. The number of aryl methyl sites for hydroxylation is 1. The number of hydrogen-bond donors (Lipinski definition) is 0. The lowest BCUT2D eigenvalue weighted by molar-refractivity contribution is 0.0385. The zero-order valence-corrected chi connectivity index (χ0v) is 10.1. The van der Waals surface area contributed by atoms with Gasteiger partial charge in [0.15, 0.2) is 0 Å². The Balaban J connectivity index is 1.87. The summed E-state index contributed by atoms with van der Waals surface area (Å²) in [5.74, 6) is 0. The average molecular weight is 220 g/mol. The standard InChI is InChI=1S/C13H20N2O/c1-11-4-3-5-12(14-11)10-15-8-6-13(16-2)7-9-15/h3-5,13H,6-10H2,1-2H3. The first-order valence-electron chi connectivity index (χ1n) is 5.95. The number of rotatable bonds is 3. The topological polar surface area (TPSA) is 25.4 Å². The second-order valence-corrected chi connectivity index (χ2v) is 4.48. The molecule has 3 nitrogen and oxygen atoms in total. The van der Waals surface area contributed by atoms with Crippen molar-refractivity contribution < 1.29 is 4.74 Å². The summed E-state index contributed by atoms with van der Waals surface area (Å²) < 4.78 is 5.37. The molecule has 0 unspecified atom stereocenters. The van der Waals surface area contributed by atoms with Crippen LogP contribution >= 0.6 is 0 Å². The van der Waals surface area contributed by atoms with E-state index in [1.54, 1.807) is 0 Å². The van der Waals surface area contributed by atoms with Crippen LogP contribution < -0.4 is 0 Å². The van der Waals surface area contributed by atoms with Crippen LogP contribution in [-0.2, 0) is 11.3 Å². The second-order valence-electron chi connectivity index (χ2n) is 4.48. The van der Waals surface area contributed by atoms with Gasteiger partial charge >= 0.3 is 0 Å². The quantitative estimate of drug-likeness (QED) is 0.779. The first-order chi connectivity index (χ1) is 7.78. The smallest absolute Gasteiger partial charge is 0.0595 e. The molecule has 16 heavy (non-hydrogen) atoms. The van der Waals surface area contributed by atoms with Gasteiger partial charge < -0.3 is 4.74 Å². The van der Waals surface area contributed by atoms with Gasteiger partial charge in [0.1, 0.15) is 0 Å². The molecule has 1 aliphatic rings. The van der Waals surface area contributed by atoms with Crippen molar-refractivity contribution in [2.45, 2.75) is 32.4 Å². The minimum absolute atomic E-state index is 0.460. The minimum atomic E-state index is 0.460. The maximum absolute atomic E-state index is 5.37. The highest BCUT2D eigenvalue weighted by molar-refractivity contribution is 5.09. The fraction of sp³-hybridized carbons (Fsp3) is 0.615. The third-order valence-corrected chi connectivity index (χ3v) is 3.20. The molecule has 1 fully saturated rings. The Morgan fingerprint density at radius 1 is 1.38 bits per heavy atom. The van der Waals surface area contributed by atoms with E-state index < -0.39 is 0 Å². The van der Waals surface area contributed by atoms with Crippen molar-refractivity contribution in [2.24, 2.45) is 0 Å². The summed E-state index contributed by atoms with van der Waals surface area (Å²) in [6.07, 6.45) is 2.74. The number of aromatic nitrogens is 1. The average Bonchev–Trinajstić information content (AvgIpc) is 2.30. The fourth-order valence-electron chi connectivity index (χ4n) is 2.22. The molecule has 2 heterocycles. The van der Waals surface area contributed by atoms with E-state index in [4.69, 9.17) is 4.74 Å². The summed E-state index contributed by atoms with van der Waals surface area (Å²) in [5.41, 5.74) is 2.28. The Labute approximate surface area is 97.4 Å². The largest absolute Gasteiger partial charge is 0.381 e. The van der Waals surface area contributed by atoms with Gasteiger partial charge in [-0.2, -0.15) is 0 Å². The third-order valence-electron chi connectivity index (χ3n) is 3.20. The Morgan fingerprint density at radius 2 is 2.12 bits per heavy atom. The predicted molar refractivity (Wildman–Crippen MR) is 64.3 cm³/mol. The van der Waals surface area contributed by atoms with Crippen LogP contribution in [0.1, 0.15) is 24.2 Å². The van der Waals surface area contributed by atoms with Crippen molar-refractivity contribution in [3.05, 3.63) is 29.6 Å². The van der Waals surface area contributed by atoms with Crippen LogP contribution in [-0.4, -0.2) is 36.2 Å². The lowest BCUT2D eigenvalue weighted by Crippen LogP contribution is -2.36. The number of ether oxygens (including phenoxy) is 1. The lowest BCUT2D eigenvalue weighted by atomic mass is 10.1. The zero-order valence-electron chi connectivity index (χ0n) is 10.1. The summed E-state index contributed by atoms with van der Waals surface area (Å²) in [6, 6.07) is 6.23. The van der Waals surface area contributed by atoms with E-state index in [0.29, 0.717) is 6.10 Å². The molecule has 0 amide bonds. The zero-order chi connectivity index (χ0) is 11.4. The van der Waals surface area contributed by atoms with Crippen molar-refractivity contribution in [2.75, 3.05) is 20.2 Å². The van der Waals surface area contributed by atoms with E-state index in [0.717, 1.165) is 38.2 Å². The van der Waals surface area contributed by atoms with Crippen LogP contribution in [0.3, 0.4) is 0 Å². The maximum atomic E-state index is 5.37. The molecule has 2 rings (SSSR count). The summed E-state index contributed by atoms with van der Waals surface area (Å²) >= 11 is 0. The van der Waals surface area contributed by atoms with Gasteiger partial charge in [-0.3, -0.25) is 9.88 Å². The monoisotopic (exact) mass is 220 g/mol. The number of piperidine rings is 1.